The van der Waals surface area contributed by atoms with Crippen molar-refractivity contribution in [3.63, 3.8) is 0 Å². The highest BCUT2D eigenvalue weighted by molar-refractivity contribution is 5.80. The smallest absolute Gasteiger partial charge is 0.220 e. The molecule has 6 heteroatoms. The van der Waals surface area contributed by atoms with E-state index in [1.807, 2.05) is 12.1 Å². The van der Waals surface area contributed by atoms with Crippen molar-refractivity contribution in [2.24, 2.45) is 10.9 Å². The number of nitrogens with one attached hydrogen (secondary N) is 2. The number of aliphatic imine (C=N–C) groups is 1. The summed E-state index contributed by atoms with van der Waals surface area (Å²) in [7, 11) is 1.69. The van der Waals surface area contributed by atoms with Gasteiger partial charge in [0, 0.05) is 39.6 Å². The molecule has 1 aromatic rings. The molecule has 3 N–H and O–H groups in total. The van der Waals surface area contributed by atoms with Crippen LogP contribution in [0.4, 0.5) is 0 Å². The van der Waals surface area contributed by atoms with Crippen LogP contribution in [-0.4, -0.2) is 55.1 Å². The number of hydrogen-bond acceptors (Lipinski definition) is 3. The maximum Gasteiger partial charge on any atom is 0.220 e. The summed E-state index contributed by atoms with van der Waals surface area (Å²) in [4.78, 5) is 18.5. The second-order valence-electron chi connectivity index (χ2n) is 6.46. The maximum atomic E-state index is 11.5. The van der Waals surface area contributed by atoms with Crippen molar-refractivity contribution < 1.29 is 9.90 Å². The van der Waals surface area contributed by atoms with E-state index in [4.69, 9.17) is 4.99 Å². The second kappa shape index (κ2) is 9.91. The number of phenols is 1. The molecule has 0 atom stereocenters. The van der Waals surface area contributed by atoms with Crippen LogP contribution in [-0.2, 0) is 11.2 Å². The third kappa shape index (κ3) is 6.29. The molecule has 1 aliphatic heterocycles. The molecule has 0 saturated carbocycles. The normalized spacial score (nSPS) is 15.9. The number of aromatic hydroxyl groups is 1. The highest BCUT2D eigenvalue weighted by atomic mass is 16.3. The number of phenolic OH excluding ortho intramolecular Hbond substituents is 1. The Hall–Kier alpha value is -2.24. The molecule has 1 heterocycles. The molecule has 0 radical (unpaired) electrons. The lowest BCUT2D eigenvalue weighted by Gasteiger charge is -2.34. The molecule has 138 valence electrons. The minimum atomic E-state index is 0.130. The van der Waals surface area contributed by atoms with Crippen molar-refractivity contribution >= 4 is 11.9 Å². The zero-order chi connectivity index (χ0) is 18.1. The van der Waals surface area contributed by atoms with Crippen LogP contribution >= 0.6 is 0 Å². The lowest BCUT2D eigenvalue weighted by molar-refractivity contribution is -0.121. The van der Waals surface area contributed by atoms with E-state index in [0.29, 0.717) is 24.6 Å². The molecule has 1 amide bonds. The Kier molecular flexibility index (Phi) is 7.57. The van der Waals surface area contributed by atoms with Crippen LogP contribution in [0.5, 0.6) is 5.75 Å². The first-order valence-electron chi connectivity index (χ1n) is 9.14. The van der Waals surface area contributed by atoms with E-state index in [2.05, 4.69) is 22.5 Å². The number of benzene rings is 1. The number of carbonyl (C=O) groups excluding carboxylic acids is 1. The SMILES string of the molecule is CCNC(=NCCc1cccc(O)c1)N1CCC(CC(=O)NC)CC1. The largest absolute Gasteiger partial charge is 0.508 e. The topological polar surface area (TPSA) is 77.0 Å². The summed E-state index contributed by atoms with van der Waals surface area (Å²) in [6, 6.07) is 7.33. The van der Waals surface area contributed by atoms with Crippen LogP contribution in [0.15, 0.2) is 29.3 Å². The molecule has 1 aromatic carbocycles. The van der Waals surface area contributed by atoms with Crippen molar-refractivity contribution in [1.82, 2.24) is 15.5 Å². The molecule has 25 heavy (non-hydrogen) atoms. The Labute approximate surface area is 150 Å². The summed E-state index contributed by atoms with van der Waals surface area (Å²) in [5.41, 5.74) is 1.09. The van der Waals surface area contributed by atoms with Crippen LogP contribution in [0.2, 0.25) is 0 Å². The van der Waals surface area contributed by atoms with Gasteiger partial charge in [0.2, 0.25) is 5.91 Å². The van der Waals surface area contributed by atoms with E-state index in [-0.39, 0.29) is 5.91 Å². The Morgan fingerprint density at radius 2 is 2.12 bits per heavy atom. The molecule has 2 rings (SSSR count). The predicted octanol–water partition coefficient (Wildman–Crippen LogP) is 1.75. The molecule has 0 aliphatic carbocycles. The zero-order valence-electron chi connectivity index (χ0n) is 15.3. The number of carbonyl (C=O) groups is 1. The molecule has 1 saturated heterocycles. The number of piperidine rings is 1. The van der Waals surface area contributed by atoms with Crippen LogP contribution in [0.1, 0.15) is 31.7 Å². The van der Waals surface area contributed by atoms with Gasteiger partial charge in [0.25, 0.3) is 0 Å². The van der Waals surface area contributed by atoms with Gasteiger partial charge >= 0.3 is 0 Å². The first kappa shape index (κ1) is 19.1. The molecule has 0 spiro atoms. The maximum absolute atomic E-state index is 11.5. The second-order valence-corrected chi connectivity index (χ2v) is 6.46. The standard InChI is InChI=1S/C19H30N4O2/c1-3-21-19(22-10-7-15-5-4-6-17(24)13-15)23-11-8-16(9-12-23)14-18(25)20-2/h4-6,13,16,24H,3,7-12,14H2,1-2H3,(H,20,25)(H,21,22). The van der Waals surface area contributed by atoms with Gasteiger partial charge in [-0.05, 0) is 49.8 Å². The average molecular weight is 346 g/mol. The number of likely N-dealkylation sites (tertiary alicyclic amines) is 1. The first-order valence-corrected chi connectivity index (χ1v) is 9.14. The highest BCUT2D eigenvalue weighted by Gasteiger charge is 2.22. The monoisotopic (exact) mass is 346 g/mol. The number of guanidine groups is 1. The van der Waals surface area contributed by atoms with Crippen molar-refractivity contribution in [3.05, 3.63) is 29.8 Å². The molecule has 0 bridgehead atoms. The summed E-state index contributed by atoms with van der Waals surface area (Å²) < 4.78 is 0. The molecular formula is C19H30N4O2. The van der Waals surface area contributed by atoms with Gasteiger partial charge in [-0.1, -0.05) is 12.1 Å². The molecular weight excluding hydrogens is 316 g/mol. The molecule has 1 aliphatic rings. The molecule has 0 aromatic heterocycles. The van der Waals surface area contributed by atoms with Gasteiger partial charge in [0.15, 0.2) is 5.96 Å². The van der Waals surface area contributed by atoms with Crippen LogP contribution in [0, 0.1) is 5.92 Å². The Morgan fingerprint density at radius 3 is 2.76 bits per heavy atom. The van der Waals surface area contributed by atoms with Gasteiger partial charge in [-0.2, -0.15) is 0 Å². The predicted molar refractivity (Wildman–Crippen MR) is 101 cm³/mol. The number of amides is 1. The highest BCUT2D eigenvalue weighted by Crippen LogP contribution is 2.20. The minimum Gasteiger partial charge on any atom is -0.508 e. The summed E-state index contributed by atoms with van der Waals surface area (Å²) in [5, 5.41) is 15.6. The van der Waals surface area contributed by atoms with Crippen LogP contribution < -0.4 is 10.6 Å². The van der Waals surface area contributed by atoms with Gasteiger partial charge in [0.05, 0.1) is 0 Å². The van der Waals surface area contributed by atoms with E-state index in [0.717, 1.165) is 50.4 Å². The summed E-state index contributed by atoms with van der Waals surface area (Å²) in [6.07, 6.45) is 3.46. The van der Waals surface area contributed by atoms with Crippen molar-refractivity contribution in [3.8, 4) is 5.75 Å². The van der Waals surface area contributed by atoms with Gasteiger partial charge in [-0.3, -0.25) is 9.79 Å². The Bertz CT molecular complexity index is 581. The van der Waals surface area contributed by atoms with E-state index < -0.39 is 0 Å². The van der Waals surface area contributed by atoms with Gasteiger partial charge < -0.3 is 20.6 Å². The van der Waals surface area contributed by atoms with Crippen molar-refractivity contribution in [1.29, 1.82) is 0 Å². The molecule has 0 unspecified atom stereocenters. The van der Waals surface area contributed by atoms with Crippen molar-refractivity contribution in [2.75, 3.05) is 33.2 Å². The van der Waals surface area contributed by atoms with Crippen LogP contribution in [0.25, 0.3) is 0 Å². The fourth-order valence-corrected chi connectivity index (χ4v) is 3.14. The Balaban J connectivity index is 1.86. The average Bonchev–Trinajstić information content (AvgIpc) is 2.62. The van der Waals surface area contributed by atoms with E-state index in [1.165, 1.54) is 0 Å². The molecule has 1 fully saturated rings. The van der Waals surface area contributed by atoms with E-state index >= 15 is 0 Å². The molecule has 6 nitrogen and oxygen atoms in total. The number of nitrogens with zero attached hydrogens (tertiary/aromatic N) is 2. The van der Waals surface area contributed by atoms with Crippen molar-refractivity contribution in [2.45, 2.75) is 32.6 Å². The van der Waals surface area contributed by atoms with E-state index in [9.17, 15) is 9.90 Å². The Morgan fingerprint density at radius 1 is 1.36 bits per heavy atom. The van der Waals surface area contributed by atoms with Gasteiger partial charge in [-0.25, -0.2) is 0 Å². The lowest BCUT2D eigenvalue weighted by Crippen LogP contribution is -2.46. The minimum absolute atomic E-state index is 0.130. The van der Waals surface area contributed by atoms with Gasteiger partial charge in [-0.15, -0.1) is 0 Å². The fourth-order valence-electron chi connectivity index (χ4n) is 3.14. The summed E-state index contributed by atoms with van der Waals surface area (Å²) >= 11 is 0. The summed E-state index contributed by atoms with van der Waals surface area (Å²) in [6.45, 7) is 5.45. The zero-order valence-corrected chi connectivity index (χ0v) is 15.3. The van der Waals surface area contributed by atoms with E-state index in [1.54, 1.807) is 19.2 Å². The lowest BCUT2D eigenvalue weighted by atomic mass is 9.93. The first-order chi connectivity index (χ1) is 12.1. The van der Waals surface area contributed by atoms with Crippen LogP contribution in [0.3, 0.4) is 0 Å². The fraction of sp³-hybridized carbons (Fsp3) is 0.579. The third-order valence-electron chi connectivity index (χ3n) is 4.57. The summed E-state index contributed by atoms with van der Waals surface area (Å²) in [5.74, 6) is 1.84. The quantitative estimate of drug-likeness (QED) is 0.542. The number of rotatable bonds is 6. The third-order valence-corrected chi connectivity index (χ3v) is 4.57. The van der Waals surface area contributed by atoms with Gasteiger partial charge in [0.1, 0.15) is 5.75 Å². The number of hydrogen-bond donors (Lipinski definition) is 3.